The number of sulfonamides is 1. The van der Waals surface area contributed by atoms with Gasteiger partial charge in [-0.1, -0.05) is 13.3 Å². The predicted molar refractivity (Wildman–Crippen MR) is 95.7 cm³/mol. The highest BCUT2D eigenvalue weighted by atomic mass is 32.2. The lowest BCUT2D eigenvalue weighted by Crippen LogP contribution is -2.16. The molecule has 1 N–H and O–H groups in total. The first-order valence-corrected chi connectivity index (χ1v) is 9.50. The van der Waals surface area contributed by atoms with Crippen LogP contribution in [0.1, 0.15) is 31.2 Å². The summed E-state index contributed by atoms with van der Waals surface area (Å²) in [5, 5.41) is 0. The SMILES string of the molecule is CCCCOc1ccc(S(=O)(=O)Nc2c(C)nc(OC)nc2C)cc1. The average Bonchev–Trinajstić information content (AvgIpc) is 2.58. The Morgan fingerprint density at radius 1 is 1.08 bits per heavy atom. The van der Waals surface area contributed by atoms with E-state index >= 15 is 0 Å². The molecule has 0 fully saturated rings. The van der Waals surface area contributed by atoms with Gasteiger partial charge in [0.1, 0.15) is 5.75 Å². The molecule has 136 valence electrons. The van der Waals surface area contributed by atoms with Crippen molar-refractivity contribution in [2.45, 2.75) is 38.5 Å². The molecule has 1 aromatic carbocycles. The third-order valence-corrected chi connectivity index (χ3v) is 4.94. The van der Waals surface area contributed by atoms with E-state index < -0.39 is 10.0 Å². The van der Waals surface area contributed by atoms with Crippen LogP contribution in [0.5, 0.6) is 11.8 Å². The molecule has 0 aliphatic carbocycles. The third-order valence-electron chi connectivity index (χ3n) is 3.57. The second-order valence-corrected chi connectivity index (χ2v) is 7.22. The summed E-state index contributed by atoms with van der Waals surface area (Å²) in [5.41, 5.74) is 1.34. The van der Waals surface area contributed by atoms with E-state index in [1.807, 2.05) is 0 Å². The van der Waals surface area contributed by atoms with Crippen molar-refractivity contribution in [1.82, 2.24) is 9.97 Å². The van der Waals surface area contributed by atoms with Crippen molar-refractivity contribution in [3.63, 3.8) is 0 Å². The number of nitrogens with one attached hydrogen (secondary N) is 1. The Balaban J connectivity index is 2.19. The number of ether oxygens (including phenoxy) is 2. The largest absolute Gasteiger partial charge is 0.494 e. The maximum Gasteiger partial charge on any atom is 0.316 e. The van der Waals surface area contributed by atoms with Gasteiger partial charge in [-0.25, -0.2) is 8.42 Å². The lowest BCUT2D eigenvalue weighted by Gasteiger charge is -2.13. The molecule has 0 bridgehead atoms. The minimum absolute atomic E-state index is 0.143. The summed E-state index contributed by atoms with van der Waals surface area (Å²) in [4.78, 5) is 8.36. The highest BCUT2D eigenvalue weighted by Gasteiger charge is 2.18. The normalized spacial score (nSPS) is 11.2. The Morgan fingerprint density at radius 3 is 2.20 bits per heavy atom. The minimum atomic E-state index is -3.75. The monoisotopic (exact) mass is 365 g/mol. The van der Waals surface area contributed by atoms with E-state index in [9.17, 15) is 8.42 Å². The van der Waals surface area contributed by atoms with Crippen LogP contribution in [-0.2, 0) is 10.0 Å². The van der Waals surface area contributed by atoms with Crippen molar-refractivity contribution in [1.29, 1.82) is 0 Å². The molecule has 7 nitrogen and oxygen atoms in total. The number of unbranched alkanes of at least 4 members (excludes halogenated alkanes) is 1. The van der Waals surface area contributed by atoms with Crippen LogP contribution in [0.4, 0.5) is 5.69 Å². The fourth-order valence-electron chi connectivity index (χ4n) is 2.17. The molecule has 0 unspecified atom stereocenters. The van der Waals surface area contributed by atoms with E-state index in [-0.39, 0.29) is 10.9 Å². The molecule has 0 saturated heterocycles. The number of rotatable bonds is 8. The molecule has 0 aliphatic rings. The zero-order valence-electron chi connectivity index (χ0n) is 14.9. The van der Waals surface area contributed by atoms with Crippen molar-refractivity contribution in [2.75, 3.05) is 18.4 Å². The van der Waals surface area contributed by atoms with Gasteiger partial charge in [-0.15, -0.1) is 0 Å². The van der Waals surface area contributed by atoms with Crippen LogP contribution in [0.2, 0.25) is 0 Å². The highest BCUT2D eigenvalue weighted by molar-refractivity contribution is 7.92. The number of nitrogens with zero attached hydrogens (tertiary/aromatic N) is 2. The quantitative estimate of drug-likeness (QED) is 0.723. The van der Waals surface area contributed by atoms with Crippen LogP contribution in [-0.4, -0.2) is 32.1 Å². The summed E-state index contributed by atoms with van der Waals surface area (Å²) in [6.07, 6.45) is 2.00. The summed E-state index contributed by atoms with van der Waals surface area (Å²) in [5.74, 6) is 0.646. The van der Waals surface area contributed by atoms with Gasteiger partial charge in [-0.3, -0.25) is 4.72 Å². The number of benzene rings is 1. The van der Waals surface area contributed by atoms with Crippen LogP contribution in [0, 0.1) is 13.8 Å². The molecular formula is C17H23N3O4S. The molecule has 2 aromatic rings. The molecule has 25 heavy (non-hydrogen) atoms. The highest BCUT2D eigenvalue weighted by Crippen LogP contribution is 2.24. The van der Waals surface area contributed by atoms with Crippen molar-refractivity contribution < 1.29 is 17.9 Å². The van der Waals surface area contributed by atoms with Gasteiger partial charge in [0.2, 0.25) is 0 Å². The Morgan fingerprint density at radius 2 is 1.68 bits per heavy atom. The summed E-state index contributed by atoms with van der Waals surface area (Å²) in [6, 6.07) is 6.52. The number of aromatic nitrogens is 2. The Kier molecular flexibility index (Phi) is 6.19. The van der Waals surface area contributed by atoms with Gasteiger partial charge in [0, 0.05) is 0 Å². The number of anilines is 1. The van der Waals surface area contributed by atoms with E-state index in [1.165, 1.54) is 19.2 Å². The number of hydrogen-bond donors (Lipinski definition) is 1. The Labute approximate surface area is 148 Å². The minimum Gasteiger partial charge on any atom is -0.494 e. The first-order valence-electron chi connectivity index (χ1n) is 8.02. The van der Waals surface area contributed by atoms with Gasteiger partial charge in [-0.2, -0.15) is 9.97 Å². The molecule has 0 aliphatic heterocycles. The standard InChI is InChI=1S/C17H23N3O4S/c1-5-6-11-24-14-7-9-15(10-8-14)25(21,22)20-16-12(2)18-17(23-4)19-13(16)3/h7-10,20H,5-6,11H2,1-4H3. The van der Waals surface area contributed by atoms with Crippen LogP contribution >= 0.6 is 0 Å². The van der Waals surface area contributed by atoms with Crippen molar-refractivity contribution in [3.8, 4) is 11.8 Å². The first-order chi connectivity index (χ1) is 11.9. The first kappa shape index (κ1) is 19.0. The average molecular weight is 365 g/mol. The summed E-state index contributed by atoms with van der Waals surface area (Å²) >= 11 is 0. The molecular weight excluding hydrogens is 342 g/mol. The van der Waals surface area contributed by atoms with Gasteiger partial charge in [0.05, 0.1) is 35.7 Å². The maximum atomic E-state index is 12.6. The molecule has 0 spiro atoms. The molecule has 0 amide bonds. The number of aryl methyl sites for hydroxylation is 2. The van der Waals surface area contributed by atoms with Gasteiger partial charge in [0.15, 0.2) is 0 Å². The molecule has 1 heterocycles. The van der Waals surface area contributed by atoms with Crippen molar-refractivity contribution in [2.24, 2.45) is 0 Å². The second kappa shape index (κ2) is 8.15. The summed E-state index contributed by atoms with van der Waals surface area (Å²) in [6.45, 7) is 6.08. The van der Waals surface area contributed by atoms with E-state index in [2.05, 4.69) is 21.6 Å². The van der Waals surface area contributed by atoms with Crippen molar-refractivity contribution in [3.05, 3.63) is 35.7 Å². The van der Waals surface area contributed by atoms with Gasteiger partial charge >= 0.3 is 6.01 Å². The zero-order valence-corrected chi connectivity index (χ0v) is 15.7. The Bertz CT molecular complexity index is 797. The molecule has 8 heteroatoms. The Hall–Kier alpha value is -2.35. The van der Waals surface area contributed by atoms with Crippen LogP contribution in [0.3, 0.4) is 0 Å². The molecule has 0 radical (unpaired) electrons. The fraction of sp³-hybridized carbons (Fsp3) is 0.412. The molecule has 1 aromatic heterocycles. The van der Waals surface area contributed by atoms with Crippen molar-refractivity contribution >= 4 is 15.7 Å². The number of methoxy groups -OCH3 is 1. The number of hydrogen-bond acceptors (Lipinski definition) is 6. The topological polar surface area (TPSA) is 90.4 Å². The molecule has 2 rings (SSSR count). The molecule has 0 saturated carbocycles. The smallest absolute Gasteiger partial charge is 0.316 e. The lowest BCUT2D eigenvalue weighted by atomic mass is 10.3. The summed E-state index contributed by atoms with van der Waals surface area (Å²) in [7, 11) is -2.29. The van der Waals surface area contributed by atoms with Crippen LogP contribution in [0.15, 0.2) is 29.2 Å². The van der Waals surface area contributed by atoms with Crippen LogP contribution in [0.25, 0.3) is 0 Å². The lowest BCUT2D eigenvalue weighted by molar-refractivity contribution is 0.309. The van der Waals surface area contributed by atoms with E-state index in [0.29, 0.717) is 29.4 Å². The zero-order chi connectivity index (χ0) is 18.4. The van der Waals surface area contributed by atoms with Gasteiger partial charge in [-0.05, 0) is 44.5 Å². The molecule has 0 atom stereocenters. The predicted octanol–water partition coefficient (Wildman–Crippen LogP) is 3.08. The second-order valence-electron chi connectivity index (χ2n) is 5.54. The van der Waals surface area contributed by atoms with Crippen LogP contribution < -0.4 is 14.2 Å². The van der Waals surface area contributed by atoms with E-state index in [4.69, 9.17) is 9.47 Å². The summed E-state index contributed by atoms with van der Waals surface area (Å²) < 4.78 is 38.3. The fourth-order valence-corrected chi connectivity index (χ4v) is 3.34. The third kappa shape index (κ3) is 4.82. The maximum absolute atomic E-state index is 12.6. The van der Waals surface area contributed by atoms with E-state index in [0.717, 1.165) is 12.8 Å². The van der Waals surface area contributed by atoms with Gasteiger partial charge < -0.3 is 9.47 Å². The van der Waals surface area contributed by atoms with Gasteiger partial charge in [0.25, 0.3) is 10.0 Å². The van der Waals surface area contributed by atoms with E-state index in [1.54, 1.807) is 26.0 Å².